The molecule has 0 unspecified atom stereocenters. The predicted molar refractivity (Wildman–Crippen MR) is 71.8 cm³/mol. The van der Waals surface area contributed by atoms with Crippen LogP contribution in [0.15, 0.2) is 6.07 Å². The van der Waals surface area contributed by atoms with E-state index in [0.717, 1.165) is 6.42 Å². The molecule has 6 heteroatoms. The Hall–Kier alpha value is -2.11. The number of hydrogen-bond donors (Lipinski definition) is 1. The number of aromatic hydroxyl groups is 1. The van der Waals surface area contributed by atoms with Crippen LogP contribution in [-0.2, 0) is 15.9 Å². The van der Waals surface area contributed by atoms with E-state index in [-0.39, 0.29) is 24.3 Å². The highest BCUT2D eigenvalue weighted by Gasteiger charge is 2.21. The number of aromatic nitrogens is 1. The Morgan fingerprint density at radius 2 is 1.65 bits per heavy atom. The molecule has 1 aromatic rings. The molecule has 0 saturated carbocycles. The molecule has 0 fully saturated rings. The lowest BCUT2D eigenvalue weighted by Crippen LogP contribution is -2.14. The molecule has 1 rings (SSSR count). The van der Waals surface area contributed by atoms with Gasteiger partial charge in [0.15, 0.2) is 0 Å². The van der Waals surface area contributed by atoms with Crippen LogP contribution >= 0.6 is 0 Å². The van der Waals surface area contributed by atoms with E-state index in [1.807, 2.05) is 6.92 Å². The molecular weight excluding hydrogens is 262 g/mol. The zero-order chi connectivity index (χ0) is 15.1. The number of esters is 2. The summed E-state index contributed by atoms with van der Waals surface area (Å²) in [6.07, 6.45) is 1.25. The van der Waals surface area contributed by atoms with Crippen molar-refractivity contribution in [3.63, 3.8) is 0 Å². The maximum atomic E-state index is 11.9. The Balaban J connectivity index is 3.26. The maximum absolute atomic E-state index is 11.9. The lowest BCUT2D eigenvalue weighted by Gasteiger charge is -2.11. The van der Waals surface area contributed by atoms with Gasteiger partial charge in [-0.05, 0) is 26.3 Å². The van der Waals surface area contributed by atoms with Crippen LogP contribution in [0.4, 0.5) is 0 Å². The minimum Gasteiger partial charge on any atom is -0.493 e. The second-order valence-electron chi connectivity index (χ2n) is 4.04. The molecule has 0 aliphatic heterocycles. The largest absolute Gasteiger partial charge is 0.493 e. The fourth-order valence-electron chi connectivity index (χ4n) is 1.71. The van der Waals surface area contributed by atoms with Gasteiger partial charge in [-0.3, -0.25) is 0 Å². The van der Waals surface area contributed by atoms with E-state index in [1.165, 1.54) is 6.07 Å². The third-order valence-electron chi connectivity index (χ3n) is 2.56. The minimum absolute atomic E-state index is 0.130. The SMILES string of the molecule is CCCc1nc(O)c(C(=O)OCC)cc1C(=O)OCC. The maximum Gasteiger partial charge on any atom is 0.343 e. The molecule has 0 saturated heterocycles. The van der Waals surface area contributed by atoms with Gasteiger partial charge >= 0.3 is 11.9 Å². The molecular formula is C14H19NO5. The van der Waals surface area contributed by atoms with Crippen molar-refractivity contribution < 1.29 is 24.2 Å². The van der Waals surface area contributed by atoms with Crippen LogP contribution in [0.1, 0.15) is 53.6 Å². The van der Waals surface area contributed by atoms with Crippen molar-refractivity contribution >= 4 is 11.9 Å². The van der Waals surface area contributed by atoms with Gasteiger partial charge in [-0.2, -0.15) is 0 Å². The molecule has 110 valence electrons. The first kappa shape index (κ1) is 15.9. The number of hydrogen-bond acceptors (Lipinski definition) is 6. The monoisotopic (exact) mass is 281 g/mol. The topological polar surface area (TPSA) is 85.7 Å². The molecule has 0 bridgehead atoms. The molecule has 20 heavy (non-hydrogen) atoms. The summed E-state index contributed by atoms with van der Waals surface area (Å²) in [5, 5.41) is 9.79. The number of carbonyl (C=O) groups is 2. The molecule has 1 heterocycles. The fraction of sp³-hybridized carbons (Fsp3) is 0.500. The summed E-state index contributed by atoms with van der Waals surface area (Å²) in [5.74, 6) is -1.71. The van der Waals surface area contributed by atoms with Crippen LogP contribution in [0.2, 0.25) is 0 Å². The second-order valence-corrected chi connectivity index (χ2v) is 4.04. The lowest BCUT2D eigenvalue weighted by molar-refractivity contribution is 0.0520. The van der Waals surface area contributed by atoms with Gasteiger partial charge < -0.3 is 14.6 Å². The first-order valence-corrected chi connectivity index (χ1v) is 6.62. The van der Waals surface area contributed by atoms with Gasteiger partial charge in [-0.25, -0.2) is 14.6 Å². The summed E-state index contributed by atoms with van der Waals surface area (Å²) >= 11 is 0. The number of rotatable bonds is 6. The van der Waals surface area contributed by atoms with Crippen LogP contribution in [0.5, 0.6) is 5.88 Å². The van der Waals surface area contributed by atoms with E-state index in [2.05, 4.69) is 4.98 Å². The van der Waals surface area contributed by atoms with E-state index < -0.39 is 17.8 Å². The number of pyridine rings is 1. The van der Waals surface area contributed by atoms with E-state index in [0.29, 0.717) is 12.1 Å². The van der Waals surface area contributed by atoms with Gasteiger partial charge in [0.2, 0.25) is 5.88 Å². The van der Waals surface area contributed by atoms with Gasteiger partial charge in [-0.1, -0.05) is 13.3 Å². The second kappa shape index (κ2) is 7.47. The third-order valence-corrected chi connectivity index (χ3v) is 2.56. The average Bonchev–Trinajstić information content (AvgIpc) is 2.39. The Morgan fingerprint density at radius 3 is 2.15 bits per heavy atom. The summed E-state index contributed by atoms with van der Waals surface area (Å²) in [7, 11) is 0. The molecule has 0 aromatic carbocycles. The highest BCUT2D eigenvalue weighted by atomic mass is 16.5. The smallest absolute Gasteiger partial charge is 0.343 e. The highest BCUT2D eigenvalue weighted by Crippen LogP contribution is 2.21. The summed E-state index contributed by atoms with van der Waals surface area (Å²) < 4.78 is 9.75. The van der Waals surface area contributed by atoms with Crippen molar-refractivity contribution in [2.45, 2.75) is 33.6 Å². The number of carbonyl (C=O) groups excluding carboxylic acids is 2. The van der Waals surface area contributed by atoms with Crippen LogP contribution in [0, 0.1) is 0 Å². The van der Waals surface area contributed by atoms with Crippen molar-refractivity contribution in [1.82, 2.24) is 4.98 Å². The van der Waals surface area contributed by atoms with Gasteiger partial charge in [-0.15, -0.1) is 0 Å². The summed E-state index contributed by atoms with van der Waals surface area (Å²) in [5.41, 5.74) is 0.473. The minimum atomic E-state index is -0.717. The van der Waals surface area contributed by atoms with E-state index in [1.54, 1.807) is 13.8 Å². The number of ether oxygens (including phenoxy) is 2. The Labute approximate surface area is 117 Å². The lowest BCUT2D eigenvalue weighted by atomic mass is 10.1. The molecule has 1 aromatic heterocycles. The van der Waals surface area contributed by atoms with Crippen LogP contribution in [-0.4, -0.2) is 35.2 Å². The summed E-state index contributed by atoms with van der Waals surface area (Å²) in [4.78, 5) is 27.5. The molecule has 0 radical (unpaired) electrons. The van der Waals surface area contributed by atoms with E-state index in [4.69, 9.17) is 9.47 Å². The molecule has 0 amide bonds. The van der Waals surface area contributed by atoms with Crippen LogP contribution in [0.3, 0.4) is 0 Å². The Bertz CT molecular complexity index is 499. The van der Waals surface area contributed by atoms with Crippen molar-refractivity contribution in [3.05, 3.63) is 22.9 Å². The van der Waals surface area contributed by atoms with E-state index in [9.17, 15) is 14.7 Å². The number of aryl methyl sites for hydroxylation is 1. The molecule has 1 N–H and O–H groups in total. The van der Waals surface area contributed by atoms with Gasteiger partial charge in [0, 0.05) is 0 Å². The predicted octanol–water partition coefficient (Wildman–Crippen LogP) is 2.09. The van der Waals surface area contributed by atoms with E-state index >= 15 is 0 Å². The van der Waals surface area contributed by atoms with Gasteiger partial charge in [0.05, 0.1) is 24.5 Å². The van der Waals surface area contributed by atoms with Crippen LogP contribution < -0.4 is 0 Å². The first-order chi connectivity index (χ1) is 9.54. The molecule has 0 aliphatic rings. The van der Waals surface area contributed by atoms with Crippen LogP contribution in [0.25, 0.3) is 0 Å². The quantitative estimate of drug-likeness (QED) is 0.803. The van der Waals surface area contributed by atoms with Crippen molar-refractivity contribution in [1.29, 1.82) is 0 Å². The molecule has 6 nitrogen and oxygen atoms in total. The Morgan fingerprint density at radius 1 is 1.10 bits per heavy atom. The first-order valence-electron chi connectivity index (χ1n) is 6.62. The number of nitrogens with zero attached hydrogens (tertiary/aromatic N) is 1. The highest BCUT2D eigenvalue weighted by molar-refractivity contribution is 5.97. The normalized spacial score (nSPS) is 10.2. The zero-order valence-corrected chi connectivity index (χ0v) is 11.9. The zero-order valence-electron chi connectivity index (χ0n) is 11.9. The summed E-state index contributed by atoms with van der Waals surface area (Å²) in [6, 6.07) is 1.28. The van der Waals surface area contributed by atoms with Crippen molar-refractivity contribution in [2.24, 2.45) is 0 Å². The average molecular weight is 281 g/mol. The van der Waals surface area contributed by atoms with Crippen molar-refractivity contribution in [3.8, 4) is 5.88 Å². The standard InChI is InChI=1S/C14H19NO5/c1-4-7-11-9(13(17)19-5-2)8-10(12(16)15-11)14(18)20-6-3/h8H,4-7H2,1-3H3,(H,15,16). The molecule has 0 atom stereocenters. The summed E-state index contributed by atoms with van der Waals surface area (Å²) in [6.45, 7) is 5.66. The van der Waals surface area contributed by atoms with Gasteiger partial charge in [0.1, 0.15) is 5.56 Å². The molecule has 0 spiro atoms. The van der Waals surface area contributed by atoms with Gasteiger partial charge in [0.25, 0.3) is 0 Å². The fourth-order valence-corrected chi connectivity index (χ4v) is 1.71. The Kier molecular flexibility index (Phi) is 5.96. The third kappa shape index (κ3) is 3.69. The molecule has 0 aliphatic carbocycles. The van der Waals surface area contributed by atoms with Crippen molar-refractivity contribution in [2.75, 3.05) is 13.2 Å².